The molecule has 0 aromatic carbocycles. The van der Waals surface area contributed by atoms with E-state index in [1.54, 1.807) is 0 Å². The molecule has 3 heteroatoms. The van der Waals surface area contributed by atoms with Gasteiger partial charge in [-0.1, -0.05) is 20.8 Å². The number of carbonyl (C=O) groups is 1. The molecule has 0 saturated heterocycles. The summed E-state index contributed by atoms with van der Waals surface area (Å²) in [5.41, 5.74) is -0.128. The number of aliphatic hydroxyl groups excluding tert-OH is 1. The van der Waals surface area contributed by atoms with Crippen molar-refractivity contribution in [3.8, 4) is 0 Å². The molecule has 15 heavy (non-hydrogen) atoms. The quantitative estimate of drug-likeness (QED) is 0.673. The fourth-order valence-corrected chi connectivity index (χ4v) is 3.87. The fraction of sp³-hybridized carbons (Fsp3) is 0.917. The van der Waals surface area contributed by atoms with Crippen LogP contribution in [0.2, 0.25) is 0 Å². The van der Waals surface area contributed by atoms with Gasteiger partial charge in [0.2, 0.25) is 0 Å². The average molecular weight is 212 g/mol. The van der Waals surface area contributed by atoms with Crippen molar-refractivity contribution in [2.75, 3.05) is 0 Å². The van der Waals surface area contributed by atoms with Crippen LogP contribution >= 0.6 is 0 Å². The Morgan fingerprint density at radius 3 is 2.33 bits per heavy atom. The van der Waals surface area contributed by atoms with Gasteiger partial charge in [0.25, 0.3) is 0 Å². The zero-order valence-electron chi connectivity index (χ0n) is 9.91. The first-order valence-electron chi connectivity index (χ1n) is 5.63. The largest absolute Gasteiger partial charge is 0.461 e. The van der Waals surface area contributed by atoms with E-state index in [-0.39, 0.29) is 34.9 Å². The molecule has 2 aliphatic carbocycles. The molecule has 0 heterocycles. The Balaban J connectivity index is 2.28. The normalized spacial score (nSPS) is 46.9. The van der Waals surface area contributed by atoms with Gasteiger partial charge in [-0.15, -0.1) is 0 Å². The van der Waals surface area contributed by atoms with E-state index in [1.807, 2.05) is 0 Å². The van der Waals surface area contributed by atoms with E-state index in [9.17, 15) is 9.90 Å². The summed E-state index contributed by atoms with van der Waals surface area (Å²) < 4.78 is 5.46. The summed E-state index contributed by atoms with van der Waals surface area (Å²) in [6, 6.07) is 0. The number of hydrogen-bond acceptors (Lipinski definition) is 3. The van der Waals surface area contributed by atoms with Crippen LogP contribution in [0.4, 0.5) is 0 Å². The molecule has 0 aliphatic heterocycles. The molecule has 0 unspecified atom stereocenters. The smallest absolute Gasteiger partial charge is 0.302 e. The van der Waals surface area contributed by atoms with Gasteiger partial charge < -0.3 is 9.84 Å². The van der Waals surface area contributed by atoms with Crippen molar-refractivity contribution in [1.82, 2.24) is 0 Å². The second-order valence-corrected chi connectivity index (χ2v) is 6.05. The van der Waals surface area contributed by atoms with Crippen LogP contribution < -0.4 is 0 Å². The number of ether oxygens (including phenoxy) is 1. The molecule has 4 atom stereocenters. The summed E-state index contributed by atoms with van der Waals surface area (Å²) in [5, 5.41) is 9.93. The number of hydrogen-bond donors (Lipinski definition) is 1. The van der Waals surface area contributed by atoms with Crippen LogP contribution in [0.5, 0.6) is 0 Å². The zero-order valence-corrected chi connectivity index (χ0v) is 9.91. The Morgan fingerprint density at radius 2 is 1.93 bits per heavy atom. The van der Waals surface area contributed by atoms with Gasteiger partial charge in [-0.3, -0.25) is 4.79 Å². The Labute approximate surface area is 90.8 Å². The maximum Gasteiger partial charge on any atom is 0.302 e. The van der Waals surface area contributed by atoms with Crippen molar-refractivity contribution < 1.29 is 14.6 Å². The average Bonchev–Trinajstić information content (AvgIpc) is 2.45. The van der Waals surface area contributed by atoms with Crippen molar-refractivity contribution in [2.24, 2.45) is 16.7 Å². The third-order valence-corrected chi connectivity index (χ3v) is 4.37. The summed E-state index contributed by atoms with van der Waals surface area (Å²) in [6.45, 7) is 7.78. The molecular formula is C12H20O3. The van der Waals surface area contributed by atoms with Crippen molar-refractivity contribution >= 4 is 5.97 Å². The lowest BCUT2D eigenvalue weighted by molar-refractivity contribution is -0.166. The van der Waals surface area contributed by atoms with Crippen LogP contribution in [0.25, 0.3) is 0 Å². The highest BCUT2D eigenvalue weighted by Gasteiger charge is 2.64. The van der Waals surface area contributed by atoms with Gasteiger partial charge in [-0.05, 0) is 18.8 Å². The van der Waals surface area contributed by atoms with Gasteiger partial charge in [-0.2, -0.15) is 0 Å². The molecule has 3 nitrogen and oxygen atoms in total. The second-order valence-electron chi connectivity index (χ2n) is 6.05. The first-order valence-corrected chi connectivity index (χ1v) is 5.63. The van der Waals surface area contributed by atoms with E-state index < -0.39 is 0 Å². The summed E-state index contributed by atoms with van der Waals surface area (Å²) in [5.74, 6) is 0.0585. The fourth-order valence-electron chi connectivity index (χ4n) is 3.87. The molecule has 2 aliphatic rings. The highest BCUT2D eigenvalue weighted by molar-refractivity contribution is 5.66. The lowest BCUT2D eigenvalue weighted by Crippen LogP contribution is -2.47. The number of aliphatic hydroxyl groups is 1. The summed E-state index contributed by atoms with van der Waals surface area (Å²) in [4.78, 5) is 11.1. The van der Waals surface area contributed by atoms with Gasteiger partial charge >= 0.3 is 5.97 Å². The highest BCUT2D eigenvalue weighted by Crippen LogP contribution is 2.63. The minimum Gasteiger partial charge on any atom is -0.461 e. The number of esters is 1. The Kier molecular flexibility index (Phi) is 2.16. The SMILES string of the molecule is CC(=O)O[C@@H]1C(C)(C)[C@H]2C[C@]1(C)C[C@H]2O. The summed E-state index contributed by atoms with van der Waals surface area (Å²) in [6.07, 6.45) is 1.46. The number of carbonyl (C=O) groups excluding carboxylic acids is 1. The molecule has 2 rings (SSSR count). The molecule has 2 bridgehead atoms. The van der Waals surface area contributed by atoms with Crippen LogP contribution in [0.3, 0.4) is 0 Å². The zero-order chi connectivity index (χ0) is 11.4. The molecular weight excluding hydrogens is 192 g/mol. The third kappa shape index (κ3) is 1.40. The molecule has 2 fully saturated rings. The van der Waals surface area contributed by atoms with Gasteiger partial charge in [-0.25, -0.2) is 0 Å². The first-order chi connectivity index (χ1) is 6.77. The van der Waals surface area contributed by atoms with E-state index in [0.29, 0.717) is 0 Å². The van der Waals surface area contributed by atoms with Crippen molar-refractivity contribution in [1.29, 1.82) is 0 Å². The van der Waals surface area contributed by atoms with E-state index >= 15 is 0 Å². The summed E-state index contributed by atoms with van der Waals surface area (Å²) in [7, 11) is 0. The molecule has 1 N–H and O–H groups in total. The van der Waals surface area contributed by atoms with Crippen molar-refractivity contribution in [3.05, 3.63) is 0 Å². The monoisotopic (exact) mass is 212 g/mol. The standard InChI is InChI=1S/C12H20O3/c1-7(13)15-10-11(2,3)8-5-12(10,4)6-9(8)14/h8-10,14H,5-6H2,1-4H3/t8-,9+,10+,12+/m0/s1. The lowest BCUT2D eigenvalue weighted by Gasteiger charge is -2.43. The van der Waals surface area contributed by atoms with Crippen LogP contribution in [0, 0.1) is 16.7 Å². The number of rotatable bonds is 1. The summed E-state index contributed by atoms with van der Waals surface area (Å²) >= 11 is 0. The molecule has 86 valence electrons. The molecule has 2 saturated carbocycles. The van der Waals surface area contributed by atoms with E-state index in [2.05, 4.69) is 20.8 Å². The number of fused-ring (bicyclic) bond motifs is 2. The molecule has 0 aromatic heterocycles. The maximum atomic E-state index is 11.1. The van der Waals surface area contributed by atoms with E-state index in [0.717, 1.165) is 12.8 Å². The topological polar surface area (TPSA) is 46.5 Å². The molecule has 0 amide bonds. The lowest BCUT2D eigenvalue weighted by atomic mass is 9.69. The van der Waals surface area contributed by atoms with Gasteiger partial charge in [0.1, 0.15) is 6.10 Å². The molecule has 0 radical (unpaired) electrons. The van der Waals surface area contributed by atoms with E-state index in [4.69, 9.17) is 4.74 Å². The second kappa shape index (κ2) is 2.97. The van der Waals surface area contributed by atoms with Gasteiger partial charge in [0.15, 0.2) is 0 Å². The minimum atomic E-state index is -0.225. The molecule has 0 aromatic rings. The highest BCUT2D eigenvalue weighted by atomic mass is 16.5. The van der Waals surface area contributed by atoms with Crippen molar-refractivity contribution in [2.45, 2.75) is 52.7 Å². The molecule has 0 spiro atoms. The Bertz CT molecular complexity index is 292. The third-order valence-electron chi connectivity index (χ3n) is 4.37. The van der Waals surface area contributed by atoms with Crippen LogP contribution in [-0.2, 0) is 9.53 Å². The first kappa shape index (κ1) is 10.9. The predicted molar refractivity (Wildman–Crippen MR) is 56.2 cm³/mol. The Hall–Kier alpha value is -0.570. The van der Waals surface area contributed by atoms with Crippen LogP contribution in [-0.4, -0.2) is 23.3 Å². The van der Waals surface area contributed by atoms with Gasteiger partial charge in [0, 0.05) is 17.8 Å². The maximum absolute atomic E-state index is 11.1. The van der Waals surface area contributed by atoms with E-state index in [1.165, 1.54) is 6.92 Å². The minimum absolute atomic E-state index is 0.0285. The van der Waals surface area contributed by atoms with Gasteiger partial charge in [0.05, 0.1) is 6.10 Å². The predicted octanol–water partition coefficient (Wildman–Crippen LogP) is 1.74. The Morgan fingerprint density at radius 1 is 1.33 bits per heavy atom. The van der Waals surface area contributed by atoms with Crippen molar-refractivity contribution in [3.63, 3.8) is 0 Å². The van der Waals surface area contributed by atoms with Crippen LogP contribution in [0.15, 0.2) is 0 Å². The van der Waals surface area contributed by atoms with Crippen LogP contribution in [0.1, 0.15) is 40.5 Å².